The molecule has 1 aliphatic rings. The number of rotatable bonds is 8. The van der Waals surface area contributed by atoms with Crippen LogP contribution in [0.4, 0.5) is 5.82 Å². The molecule has 6 heteroatoms. The average molecular weight is 399 g/mol. The van der Waals surface area contributed by atoms with Crippen molar-refractivity contribution in [1.82, 2.24) is 15.2 Å². The number of ether oxygens (including phenoxy) is 1. The van der Waals surface area contributed by atoms with Crippen molar-refractivity contribution in [3.63, 3.8) is 0 Å². The van der Waals surface area contributed by atoms with Crippen LogP contribution in [0.1, 0.15) is 37.3 Å². The molecule has 3 rings (SSSR count). The second-order valence-corrected chi connectivity index (χ2v) is 8.15. The molecule has 1 aromatic heterocycles. The van der Waals surface area contributed by atoms with E-state index in [4.69, 9.17) is 9.72 Å². The number of benzene rings is 1. The minimum absolute atomic E-state index is 0.0933. The number of methoxy groups -OCH3 is 1. The van der Waals surface area contributed by atoms with Crippen molar-refractivity contribution in [3.05, 3.63) is 35.4 Å². The van der Waals surface area contributed by atoms with Crippen molar-refractivity contribution in [3.8, 4) is 0 Å². The van der Waals surface area contributed by atoms with Gasteiger partial charge in [-0.25, -0.2) is 4.98 Å². The molecule has 1 fully saturated rings. The van der Waals surface area contributed by atoms with Crippen LogP contribution in [-0.2, 0) is 9.53 Å². The van der Waals surface area contributed by atoms with Gasteiger partial charge < -0.3 is 15.0 Å². The average Bonchev–Trinajstić information content (AvgIpc) is 2.71. The van der Waals surface area contributed by atoms with E-state index in [1.807, 2.05) is 0 Å². The van der Waals surface area contributed by atoms with Crippen LogP contribution in [0.25, 0.3) is 10.9 Å². The number of piperazine rings is 1. The van der Waals surface area contributed by atoms with Crippen LogP contribution in [-0.4, -0.2) is 68.8 Å². The van der Waals surface area contributed by atoms with Gasteiger partial charge in [0.1, 0.15) is 5.82 Å². The van der Waals surface area contributed by atoms with Gasteiger partial charge in [-0.1, -0.05) is 32.0 Å². The Hall–Kier alpha value is -2.18. The third kappa shape index (κ3) is 5.46. The molecule has 0 unspecified atom stereocenters. The number of carbonyl (C=O) groups excluding carboxylic acids is 1. The first-order chi connectivity index (χ1) is 14.0. The highest BCUT2D eigenvalue weighted by Crippen LogP contribution is 2.29. The predicted octanol–water partition coefficient (Wildman–Crippen LogP) is 2.94. The summed E-state index contributed by atoms with van der Waals surface area (Å²) >= 11 is 0. The monoisotopic (exact) mass is 398 g/mol. The number of anilines is 1. The number of fused-ring (bicyclic) bond motifs is 1. The van der Waals surface area contributed by atoms with E-state index in [2.05, 4.69) is 60.2 Å². The van der Waals surface area contributed by atoms with Crippen LogP contribution in [0.3, 0.4) is 0 Å². The lowest BCUT2D eigenvalue weighted by atomic mass is 9.98. The van der Waals surface area contributed by atoms with Crippen LogP contribution >= 0.6 is 0 Å². The van der Waals surface area contributed by atoms with Gasteiger partial charge in [-0.2, -0.15) is 0 Å². The Morgan fingerprint density at radius 3 is 2.69 bits per heavy atom. The fourth-order valence-corrected chi connectivity index (χ4v) is 3.89. The van der Waals surface area contributed by atoms with Crippen LogP contribution in [0.15, 0.2) is 24.3 Å². The highest BCUT2D eigenvalue weighted by molar-refractivity contribution is 5.87. The van der Waals surface area contributed by atoms with E-state index in [0.717, 1.165) is 43.9 Å². The molecule has 1 saturated heterocycles. The molecule has 158 valence electrons. The molecule has 6 nitrogen and oxygen atoms in total. The molecule has 0 spiro atoms. The summed E-state index contributed by atoms with van der Waals surface area (Å²) in [7, 11) is 1.68. The first-order valence-electron chi connectivity index (χ1n) is 10.6. The lowest BCUT2D eigenvalue weighted by Crippen LogP contribution is -2.49. The molecule has 0 aliphatic carbocycles. The van der Waals surface area contributed by atoms with Crippen molar-refractivity contribution < 1.29 is 9.53 Å². The zero-order chi connectivity index (χ0) is 20.8. The number of aryl methyl sites for hydroxylation is 1. The summed E-state index contributed by atoms with van der Waals surface area (Å²) in [5.41, 5.74) is 3.69. The molecule has 0 saturated carbocycles. The highest BCUT2D eigenvalue weighted by Gasteiger charge is 2.21. The van der Waals surface area contributed by atoms with Crippen LogP contribution in [0, 0.1) is 6.92 Å². The maximum Gasteiger partial charge on any atom is 0.234 e. The van der Waals surface area contributed by atoms with E-state index in [9.17, 15) is 4.79 Å². The molecular weight excluding hydrogens is 364 g/mol. The Bertz CT molecular complexity index is 829. The van der Waals surface area contributed by atoms with Gasteiger partial charge in [0.15, 0.2) is 0 Å². The standard InChI is InChI=1S/C23H34N4O2/c1-17(2)19-7-5-8-20-18(3)15-21(25-23(19)20)27-12-10-26(11-13-27)16-22(28)24-9-6-14-29-4/h5,7-8,15,17H,6,9-14,16H2,1-4H3,(H,24,28). The Morgan fingerprint density at radius 1 is 1.24 bits per heavy atom. The zero-order valence-corrected chi connectivity index (χ0v) is 18.2. The van der Waals surface area contributed by atoms with Gasteiger partial charge in [-0.05, 0) is 36.5 Å². The first-order valence-corrected chi connectivity index (χ1v) is 10.6. The van der Waals surface area contributed by atoms with E-state index >= 15 is 0 Å². The topological polar surface area (TPSA) is 57.7 Å². The number of carbonyl (C=O) groups is 1. The van der Waals surface area contributed by atoms with Gasteiger partial charge in [-0.15, -0.1) is 0 Å². The number of nitrogens with zero attached hydrogens (tertiary/aromatic N) is 3. The molecule has 2 heterocycles. The van der Waals surface area contributed by atoms with Crippen LogP contribution in [0.2, 0.25) is 0 Å². The van der Waals surface area contributed by atoms with Crippen molar-refractivity contribution in [2.75, 3.05) is 57.9 Å². The Kier molecular flexibility index (Phi) is 7.45. The molecule has 0 bridgehead atoms. The van der Waals surface area contributed by atoms with Gasteiger partial charge in [-0.3, -0.25) is 9.69 Å². The summed E-state index contributed by atoms with van der Waals surface area (Å²) in [6.45, 7) is 11.9. The lowest BCUT2D eigenvalue weighted by molar-refractivity contribution is -0.122. The van der Waals surface area contributed by atoms with Crippen LogP contribution < -0.4 is 10.2 Å². The second-order valence-electron chi connectivity index (χ2n) is 8.15. The van der Waals surface area contributed by atoms with Crippen molar-refractivity contribution >= 4 is 22.6 Å². The van der Waals surface area contributed by atoms with Gasteiger partial charge in [0, 0.05) is 51.8 Å². The number of amides is 1. The quantitative estimate of drug-likeness (QED) is 0.693. The van der Waals surface area contributed by atoms with Gasteiger partial charge in [0.25, 0.3) is 0 Å². The molecule has 1 N–H and O–H groups in total. The largest absolute Gasteiger partial charge is 0.385 e. The van der Waals surface area contributed by atoms with Gasteiger partial charge in [0.2, 0.25) is 5.91 Å². The molecule has 1 amide bonds. The zero-order valence-electron chi connectivity index (χ0n) is 18.2. The molecule has 1 aliphatic heterocycles. The number of hydrogen-bond donors (Lipinski definition) is 1. The summed E-state index contributed by atoms with van der Waals surface area (Å²) in [5.74, 6) is 1.59. The minimum atomic E-state index is 0.0933. The normalized spacial score (nSPS) is 15.3. The summed E-state index contributed by atoms with van der Waals surface area (Å²) in [6.07, 6.45) is 0.849. The smallest absolute Gasteiger partial charge is 0.234 e. The lowest BCUT2D eigenvalue weighted by Gasteiger charge is -2.35. The number of para-hydroxylation sites is 1. The van der Waals surface area contributed by atoms with Crippen molar-refractivity contribution in [1.29, 1.82) is 0 Å². The highest BCUT2D eigenvalue weighted by atomic mass is 16.5. The molecule has 29 heavy (non-hydrogen) atoms. The first kappa shape index (κ1) is 21.5. The Balaban J connectivity index is 1.61. The third-order valence-electron chi connectivity index (χ3n) is 5.60. The molecule has 1 aromatic carbocycles. The summed E-state index contributed by atoms with van der Waals surface area (Å²) < 4.78 is 5.01. The van der Waals surface area contributed by atoms with E-state index in [1.165, 1.54) is 16.5 Å². The maximum absolute atomic E-state index is 12.1. The molecule has 2 aromatic rings. The van der Waals surface area contributed by atoms with E-state index in [0.29, 0.717) is 25.6 Å². The minimum Gasteiger partial charge on any atom is -0.385 e. The number of hydrogen-bond acceptors (Lipinski definition) is 5. The summed E-state index contributed by atoms with van der Waals surface area (Å²) in [5, 5.41) is 4.21. The fourth-order valence-electron chi connectivity index (χ4n) is 3.89. The van der Waals surface area contributed by atoms with E-state index in [1.54, 1.807) is 7.11 Å². The van der Waals surface area contributed by atoms with E-state index < -0.39 is 0 Å². The molecule has 0 atom stereocenters. The van der Waals surface area contributed by atoms with Crippen molar-refractivity contribution in [2.24, 2.45) is 0 Å². The SMILES string of the molecule is COCCCNC(=O)CN1CCN(c2cc(C)c3cccc(C(C)C)c3n2)CC1. The number of nitrogens with one attached hydrogen (secondary N) is 1. The van der Waals surface area contributed by atoms with Gasteiger partial charge >= 0.3 is 0 Å². The van der Waals surface area contributed by atoms with Gasteiger partial charge in [0.05, 0.1) is 12.1 Å². The summed E-state index contributed by atoms with van der Waals surface area (Å²) in [4.78, 5) is 21.7. The predicted molar refractivity (Wildman–Crippen MR) is 119 cm³/mol. The maximum atomic E-state index is 12.1. The number of aromatic nitrogens is 1. The van der Waals surface area contributed by atoms with Crippen LogP contribution in [0.5, 0.6) is 0 Å². The van der Waals surface area contributed by atoms with E-state index in [-0.39, 0.29) is 5.91 Å². The Morgan fingerprint density at radius 2 is 2.00 bits per heavy atom. The summed E-state index contributed by atoms with van der Waals surface area (Å²) in [6, 6.07) is 8.68. The second kappa shape index (κ2) is 10.0. The number of pyridine rings is 1. The van der Waals surface area contributed by atoms with Crippen molar-refractivity contribution in [2.45, 2.75) is 33.1 Å². The Labute approximate surface area is 174 Å². The molecular formula is C23H34N4O2. The molecule has 0 radical (unpaired) electrons. The third-order valence-corrected chi connectivity index (χ3v) is 5.60. The fraction of sp³-hybridized carbons (Fsp3) is 0.565.